The molecule has 0 saturated heterocycles. The Kier molecular flexibility index (Phi) is 2.46. The SMILES string of the molecule is C[C@@H]1N([B]N2C=NN(C)[C@H]2C)C=NN1C. The summed E-state index contributed by atoms with van der Waals surface area (Å²) in [5, 5.41) is 12.2. The molecule has 0 fully saturated rings. The van der Waals surface area contributed by atoms with Crippen LogP contribution in [-0.2, 0) is 0 Å². The minimum atomic E-state index is 0.261. The number of nitrogens with zero attached hydrogens (tertiary/aromatic N) is 6. The summed E-state index contributed by atoms with van der Waals surface area (Å²) in [4.78, 5) is 4.11. The van der Waals surface area contributed by atoms with Crippen LogP contribution in [0.3, 0.4) is 0 Å². The van der Waals surface area contributed by atoms with Crippen LogP contribution in [0.1, 0.15) is 13.8 Å². The average molecular weight is 207 g/mol. The van der Waals surface area contributed by atoms with Gasteiger partial charge in [0.05, 0.1) is 0 Å². The van der Waals surface area contributed by atoms with E-state index in [4.69, 9.17) is 0 Å². The quantitative estimate of drug-likeness (QED) is 0.577. The van der Waals surface area contributed by atoms with Gasteiger partial charge in [-0.15, -0.1) is 0 Å². The molecule has 0 bridgehead atoms. The smallest absolute Gasteiger partial charge is 0.367 e. The Balaban J connectivity index is 1.93. The van der Waals surface area contributed by atoms with Crippen molar-refractivity contribution in [3.05, 3.63) is 0 Å². The molecule has 0 amide bonds. The summed E-state index contributed by atoms with van der Waals surface area (Å²) >= 11 is 0. The second-order valence-electron chi connectivity index (χ2n) is 3.88. The molecule has 7 heteroatoms. The van der Waals surface area contributed by atoms with E-state index in [1.165, 1.54) is 0 Å². The number of rotatable bonds is 2. The van der Waals surface area contributed by atoms with Crippen molar-refractivity contribution in [2.75, 3.05) is 14.1 Å². The van der Waals surface area contributed by atoms with Crippen LogP contribution in [0, 0.1) is 0 Å². The van der Waals surface area contributed by atoms with Gasteiger partial charge in [0, 0.05) is 14.1 Å². The van der Waals surface area contributed by atoms with Gasteiger partial charge < -0.3 is 9.62 Å². The van der Waals surface area contributed by atoms with Gasteiger partial charge >= 0.3 is 7.55 Å². The average Bonchev–Trinajstić information content (AvgIpc) is 2.68. The summed E-state index contributed by atoms with van der Waals surface area (Å²) in [5.41, 5.74) is 0. The van der Waals surface area contributed by atoms with Gasteiger partial charge in [0.15, 0.2) is 0 Å². The zero-order chi connectivity index (χ0) is 11.0. The lowest BCUT2D eigenvalue weighted by atomic mass is 10.0. The van der Waals surface area contributed by atoms with E-state index in [2.05, 4.69) is 33.7 Å². The summed E-state index contributed by atoms with van der Waals surface area (Å²) < 4.78 is 0. The van der Waals surface area contributed by atoms with Crippen molar-refractivity contribution in [2.45, 2.75) is 26.2 Å². The van der Waals surface area contributed by atoms with E-state index in [9.17, 15) is 0 Å². The third kappa shape index (κ3) is 1.73. The lowest BCUT2D eigenvalue weighted by molar-refractivity contribution is 0.207. The Hall–Kier alpha value is -1.40. The molecular weight excluding hydrogens is 191 g/mol. The van der Waals surface area contributed by atoms with Crippen LogP contribution in [-0.4, -0.2) is 66.3 Å². The fourth-order valence-corrected chi connectivity index (χ4v) is 1.46. The first-order valence-corrected chi connectivity index (χ1v) is 5.03. The Morgan fingerprint density at radius 1 is 0.933 bits per heavy atom. The maximum absolute atomic E-state index is 4.20. The Morgan fingerprint density at radius 2 is 1.33 bits per heavy atom. The van der Waals surface area contributed by atoms with Crippen molar-refractivity contribution in [3.63, 3.8) is 0 Å². The maximum atomic E-state index is 4.20. The minimum absolute atomic E-state index is 0.261. The summed E-state index contributed by atoms with van der Waals surface area (Å²) in [5.74, 6) is 0. The predicted molar refractivity (Wildman–Crippen MR) is 60.9 cm³/mol. The molecule has 0 saturated carbocycles. The molecule has 2 heterocycles. The van der Waals surface area contributed by atoms with Gasteiger partial charge in [-0.3, -0.25) is 10.0 Å². The standard InChI is InChI=1S/C8H16BN6/c1-7-12(3)10-5-14(7)9-15-6-11-13(4)8(15)2/h5-8H,1-4H3/t7-,8+. The first kappa shape index (κ1) is 10.1. The molecule has 2 rings (SSSR count). The third-order valence-electron chi connectivity index (χ3n) is 2.95. The molecule has 0 aromatic rings. The van der Waals surface area contributed by atoms with E-state index < -0.39 is 0 Å². The van der Waals surface area contributed by atoms with Crippen LogP contribution in [0.4, 0.5) is 0 Å². The predicted octanol–water partition coefficient (Wildman–Crippen LogP) is -0.406. The summed E-state index contributed by atoms with van der Waals surface area (Å²) in [6.45, 7) is 4.20. The molecule has 2 atom stereocenters. The number of hydrazone groups is 2. The van der Waals surface area contributed by atoms with Crippen molar-refractivity contribution >= 4 is 20.2 Å². The van der Waals surface area contributed by atoms with E-state index >= 15 is 0 Å². The van der Waals surface area contributed by atoms with Gasteiger partial charge in [-0.2, -0.15) is 10.2 Å². The summed E-state index contributed by atoms with van der Waals surface area (Å²) in [6, 6.07) is 0. The van der Waals surface area contributed by atoms with Gasteiger partial charge in [0.25, 0.3) is 0 Å². The molecule has 1 radical (unpaired) electrons. The van der Waals surface area contributed by atoms with Gasteiger partial charge in [0.2, 0.25) is 0 Å². The minimum Gasteiger partial charge on any atom is -0.367 e. The molecule has 0 aromatic carbocycles. The lowest BCUT2D eigenvalue weighted by Gasteiger charge is -2.30. The Labute approximate surface area is 91.1 Å². The normalized spacial score (nSPS) is 29.6. The second kappa shape index (κ2) is 3.64. The third-order valence-corrected chi connectivity index (χ3v) is 2.95. The highest BCUT2D eigenvalue weighted by Gasteiger charge is 2.28. The fourth-order valence-electron chi connectivity index (χ4n) is 1.46. The summed E-state index contributed by atoms with van der Waals surface area (Å²) in [7, 11) is 5.95. The lowest BCUT2D eigenvalue weighted by Crippen LogP contribution is -2.48. The van der Waals surface area contributed by atoms with E-state index in [1.807, 2.05) is 44.3 Å². The molecule has 0 aromatic heterocycles. The van der Waals surface area contributed by atoms with Gasteiger partial charge in [0.1, 0.15) is 25.0 Å². The number of hydrogen-bond acceptors (Lipinski definition) is 6. The van der Waals surface area contributed by atoms with Crippen molar-refractivity contribution < 1.29 is 0 Å². The maximum Gasteiger partial charge on any atom is 0.396 e. The van der Waals surface area contributed by atoms with Crippen molar-refractivity contribution in [1.29, 1.82) is 0 Å². The highest BCUT2D eigenvalue weighted by atomic mass is 15.6. The number of hydrogen-bond donors (Lipinski definition) is 0. The summed E-state index contributed by atoms with van der Waals surface area (Å²) in [6.07, 6.45) is 4.17. The van der Waals surface area contributed by atoms with Gasteiger partial charge in [-0.05, 0) is 13.8 Å². The zero-order valence-corrected chi connectivity index (χ0v) is 9.57. The van der Waals surface area contributed by atoms with Crippen LogP contribution < -0.4 is 0 Å². The van der Waals surface area contributed by atoms with E-state index in [1.54, 1.807) is 0 Å². The molecule has 6 nitrogen and oxygen atoms in total. The first-order chi connectivity index (χ1) is 7.09. The van der Waals surface area contributed by atoms with Gasteiger partial charge in [-0.25, -0.2) is 0 Å². The first-order valence-electron chi connectivity index (χ1n) is 5.03. The van der Waals surface area contributed by atoms with Crippen molar-refractivity contribution in [2.24, 2.45) is 10.2 Å². The van der Waals surface area contributed by atoms with Crippen molar-refractivity contribution in [3.8, 4) is 0 Å². The van der Waals surface area contributed by atoms with E-state index in [0.29, 0.717) is 0 Å². The molecule has 81 valence electrons. The highest BCUT2D eigenvalue weighted by Crippen LogP contribution is 2.12. The molecular formula is C8H16BN6. The molecule has 15 heavy (non-hydrogen) atoms. The molecule has 2 aliphatic rings. The van der Waals surface area contributed by atoms with Crippen molar-refractivity contribution in [1.82, 2.24) is 19.6 Å². The molecule has 0 aliphatic carbocycles. The van der Waals surface area contributed by atoms with Crippen LogP contribution >= 0.6 is 0 Å². The van der Waals surface area contributed by atoms with Crippen LogP contribution in [0.2, 0.25) is 0 Å². The molecule has 0 N–H and O–H groups in total. The van der Waals surface area contributed by atoms with Crippen LogP contribution in [0.25, 0.3) is 0 Å². The fraction of sp³-hybridized carbons (Fsp3) is 0.750. The van der Waals surface area contributed by atoms with Gasteiger partial charge in [-0.1, -0.05) is 0 Å². The zero-order valence-electron chi connectivity index (χ0n) is 9.57. The molecule has 0 spiro atoms. The topological polar surface area (TPSA) is 37.7 Å². The Bertz CT molecular complexity index is 265. The van der Waals surface area contributed by atoms with E-state index in [-0.39, 0.29) is 12.3 Å². The monoisotopic (exact) mass is 207 g/mol. The van der Waals surface area contributed by atoms with Crippen LogP contribution in [0.15, 0.2) is 10.2 Å². The second-order valence-corrected chi connectivity index (χ2v) is 3.88. The van der Waals surface area contributed by atoms with E-state index in [0.717, 1.165) is 0 Å². The highest BCUT2D eigenvalue weighted by molar-refractivity contribution is 6.36. The Morgan fingerprint density at radius 3 is 1.60 bits per heavy atom. The van der Waals surface area contributed by atoms with Crippen LogP contribution in [0.5, 0.6) is 0 Å². The molecule has 0 unspecified atom stereocenters. The largest absolute Gasteiger partial charge is 0.396 e. The molecule has 2 aliphatic heterocycles.